The number of amides is 1. The van der Waals surface area contributed by atoms with Gasteiger partial charge in [-0.05, 0) is 24.6 Å². The molecular weight excluding hydrogens is 380 g/mol. The lowest BCUT2D eigenvalue weighted by Crippen LogP contribution is -2.43. The number of hydrogen-bond donors (Lipinski definition) is 2. The number of furan rings is 1. The molecule has 0 aliphatic carbocycles. The third kappa shape index (κ3) is 3.85. The average Bonchev–Trinajstić information content (AvgIpc) is 3.37. The van der Waals surface area contributed by atoms with Gasteiger partial charge in [0.15, 0.2) is 0 Å². The molecule has 2 heterocycles. The molecule has 2 N–H and O–H groups in total. The van der Waals surface area contributed by atoms with E-state index in [0.29, 0.717) is 23.5 Å². The van der Waals surface area contributed by atoms with Gasteiger partial charge in [-0.2, -0.15) is 0 Å². The summed E-state index contributed by atoms with van der Waals surface area (Å²) in [4.78, 5) is 28.5. The van der Waals surface area contributed by atoms with E-state index < -0.39 is 12.0 Å². The highest BCUT2D eigenvalue weighted by molar-refractivity contribution is 5.98. The van der Waals surface area contributed by atoms with E-state index in [2.05, 4.69) is 10.3 Å². The fourth-order valence-electron chi connectivity index (χ4n) is 3.54. The Hall–Kier alpha value is -3.80. The molecule has 1 atom stereocenters. The van der Waals surface area contributed by atoms with Gasteiger partial charge in [0.25, 0.3) is 5.91 Å². The number of fused-ring (bicyclic) bond motifs is 1. The van der Waals surface area contributed by atoms with Crippen LogP contribution in [0.15, 0.2) is 71.3 Å². The molecule has 0 aliphatic rings. The molecule has 0 bridgehead atoms. The average molecular weight is 402 g/mol. The molecule has 0 aliphatic heterocycles. The number of aryl methyl sites for hydroxylation is 1. The molecule has 6 heteroatoms. The summed E-state index contributed by atoms with van der Waals surface area (Å²) >= 11 is 0. The minimum Gasteiger partial charge on any atom is -0.467 e. The van der Waals surface area contributed by atoms with E-state index >= 15 is 0 Å². The van der Waals surface area contributed by atoms with E-state index in [9.17, 15) is 9.59 Å². The van der Waals surface area contributed by atoms with E-state index in [4.69, 9.17) is 9.15 Å². The maximum atomic E-state index is 12.9. The quantitative estimate of drug-likeness (QED) is 0.472. The van der Waals surface area contributed by atoms with Gasteiger partial charge in [-0.3, -0.25) is 4.79 Å². The highest BCUT2D eigenvalue weighted by atomic mass is 16.5. The Kier molecular flexibility index (Phi) is 5.39. The van der Waals surface area contributed by atoms with E-state index in [1.54, 1.807) is 13.0 Å². The van der Waals surface area contributed by atoms with Crippen molar-refractivity contribution >= 4 is 22.8 Å². The van der Waals surface area contributed by atoms with Gasteiger partial charge in [0.05, 0.1) is 12.7 Å². The van der Waals surface area contributed by atoms with Crippen LogP contribution in [0.2, 0.25) is 0 Å². The molecule has 4 rings (SSSR count). The van der Waals surface area contributed by atoms with Crippen LogP contribution in [-0.4, -0.2) is 30.0 Å². The summed E-state index contributed by atoms with van der Waals surface area (Å²) in [6.45, 7) is 1.73. The van der Waals surface area contributed by atoms with Crippen molar-refractivity contribution in [3.05, 3.63) is 83.7 Å². The van der Waals surface area contributed by atoms with Crippen LogP contribution in [0.4, 0.5) is 0 Å². The first-order valence-electron chi connectivity index (χ1n) is 9.66. The fourth-order valence-corrected chi connectivity index (χ4v) is 3.54. The first-order chi connectivity index (χ1) is 14.6. The number of carbonyl (C=O) groups excluding carboxylic acids is 2. The van der Waals surface area contributed by atoms with Crippen molar-refractivity contribution in [3.63, 3.8) is 0 Å². The normalized spacial score (nSPS) is 11.9. The summed E-state index contributed by atoms with van der Waals surface area (Å²) in [7, 11) is 1.31. The maximum Gasteiger partial charge on any atom is 0.328 e. The molecule has 30 heavy (non-hydrogen) atoms. The van der Waals surface area contributed by atoms with E-state index in [0.717, 1.165) is 22.0 Å². The second-order valence-corrected chi connectivity index (χ2v) is 7.06. The highest BCUT2D eigenvalue weighted by Gasteiger charge is 2.26. The number of esters is 1. The Morgan fingerprint density at radius 3 is 2.60 bits per heavy atom. The molecule has 0 saturated carbocycles. The molecule has 0 saturated heterocycles. The van der Waals surface area contributed by atoms with Crippen LogP contribution in [-0.2, 0) is 16.0 Å². The zero-order valence-electron chi connectivity index (χ0n) is 16.8. The number of rotatable bonds is 6. The number of H-pyrrole nitrogens is 1. The van der Waals surface area contributed by atoms with Gasteiger partial charge in [0.1, 0.15) is 17.6 Å². The fraction of sp³-hybridized carbons (Fsp3) is 0.167. The van der Waals surface area contributed by atoms with Crippen molar-refractivity contribution in [1.29, 1.82) is 0 Å². The molecular formula is C24H22N2O4. The molecule has 6 nitrogen and oxygen atoms in total. The van der Waals surface area contributed by atoms with Crippen LogP contribution in [0.5, 0.6) is 0 Å². The van der Waals surface area contributed by atoms with Crippen molar-refractivity contribution in [1.82, 2.24) is 10.3 Å². The monoisotopic (exact) mass is 402 g/mol. The predicted molar refractivity (Wildman–Crippen MR) is 114 cm³/mol. The van der Waals surface area contributed by atoms with Crippen molar-refractivity contribution in [2.45, 2.75) is 19.4 Å². The Morgan fingerprint density at radius 2 is 1.83 bits per heavy atom. The number of benzene rings is 2. The van der Waals surface area contributed by atoms with Gasteiger partial charge >= 0.3 is 5.97 Å². The van der Waals surface area contributed by atoms with Gasteiger partial charge in [0.2, 0.25) is 0 Å². The summed E-state index contributed by atoms with van der Waals surface area (Å²) in [5, 5.41) is 3.81. The molecule has 2 aromatic heterocycles. The lowest BCUT2D eigenvalue weighted by Gasteiger charge is -2.16. The van der Waals surface area contributed by atoms with Crippen molar-refractivity contribution in [2.24, 2.45) is 0 Å². The number of para-hydroxylation sites is 1. The summed E-state index contributed by atoms with van der Waals surface area (Å²) in [5.74, 6) is 0.207. The maximum absolute atomic E-state index is 12.9. The van der Waals surface area contributed by atoms with E-state index in [-0.39, 0.29) is 5.91 Å². The molecule has 152 valence electrons. The Morgan fingerprint density at radius 1 is 1.10 bits per heavy atom. The molecule has 0 spiro atoms. The lowest BCUT2D eigenvalue weighted by atomic mass is 10.0. The first-order valence-corrected chi connectivity index (χ1v) is 9.66. The number of ether oxygens (including phenoxy) is 1. The second kappa shape index (κ2) is 8.29. The van der Waals surface area contributed by atoms with E-state index in [1.165, 1.54) is 7.11 Å². The first kappa shape index (κ1) is 19.5. The minimum absolute atomic E-state index is 0.310. The number of aromatic nitrogens is 1. The van der Waals surface area contributed by atoms with Gasteiger partial charge in [-0.25, -0.2) is 4.79 Å². The molecule has 2 aromatic carbocycles. The van der Waals surface area contributed by atoms with Crippen LogP contribution in [0.25, 0.3) is 22.2 Å². The van der Waals surface area contributed by atoms with Crippen LogP contribution in [0.3, 0.4) is 0 Å². The Labute approximate surface area is 173 Å². The van der Waals surface area contributed by atoms with Crippen LogP contribution in [0, 0.1) is 6.92 Å². The topological polar surface area (TPSA) is 84.3 Å². The summed E-state index contributed by atoms with van der Waals surface area (Å²) in [6, 6.07) is 18.2. The SMILES string of the molecule is COC(=O)C(Cc1c[nH]c2ccccc12)NC(=O)c1cc(-c2ccccc2)oc1C. The Balaban J connectivity index is 1.57. The third-order valence-electron chi connectivity index (χ3n) is 5.11. The number of nitrogens with one attached hydrogen (secondary N) is 2. The molecule has 1 unspecified atom stereocenters. The molecule has 0 radical (unpaired) electrons. The largest absolute Gasteiger partial charge is 0.467 e. The number of aromatic amines is 1. The van der Waals surface area contributed by atoms with Crippen molar-refractivity contribution in [3.8, 4) is 11.3 Å². The predicted octanol–water partition coefficient (Wildman–Crippen LogP) is 4.25. The Bertz CT molecular complexity index is 1190. The van der Waals surface area contributed by atoms with Gasteiger partial charge < -0.3 is 19.5 Å². The van der Waals surface area contributed by atoms with Crippen LogP contribution in [0.1, 0.15) is 21.7 Å². The van der Waals surface area contributed by atoms with Gasteiger partial charge in [-0.1, -0.05) is 48.5 Å². The standard InChI is InChI=1S/C24H22N2O4/c1-15-19(13-22(30-15)16-8-4-3-5-9-16)23(27)26-21(24(28)29-2)12-17-14-25-20-11-7-6-10-18(17)20/h3-11,13-14,21,25H,12H2,1-2H3,(H,26,27). The van der Waals surface area contributed by atoms with Gasteiger partial charge in [0, 0.05) is 29.1 Å². The van der Waals surface area contributed by atoms with Crippen LogP contribution >= 0.6 is 0 Å². The summed E-state index contributed by atoms with van der Waals surface area (Å²) < 4.78 is 10.7. The smallest absolute Gasteiger partial charge is 0.328 e. The molecule has 4 aromatic rings. The zero-order chi connectivity index (χ0) is 21.1. The highest BCUT2D eigenvalue weighted by Crippen LogP contribution is 2.25. The second-order valence-electron chi connectivity index (χ2n) is 7.06. The minimum atomic E-state index is -0.823. The number of hydrogen-bond acceptors (Lipinski definition) is 4. The van der Waals surface area contributed by atoms with Crippen molar-refractivity contribution in [2.75, 3.05) is 7.11 Å². The number of carbonyl (C=O) groups is 2. The summed E-state index contributed by atoms with van der Waals surface area (Å²) in [6.07, 6.45) is 2.16. The zero-order valence-corrected chi connectivity index (χ0v) is 16.8. The van der Waals surface area contributed by atoms with Gasteiger partial charge in [-0.15, -0.1) is 0 Å². The summed E-state index contributed by atoms with van der Waals surface area (Å²) in [5.41, 5.74) is 3.17. The van der Waals surface area contributed by atoms with Crippen LogP contribution < -0.4 is 5.32 Å². The molecule has 0 fully saturated rings. The van der Waals surface area contributed by atoms with E-state index in [1.807, 2.05) is 60.8 Å². The lowest BCUT2D eigenvalue weighted by molar-refractivity contribution is -0.142. The number of methoxy groups -OCH3 is 1. The third-order valence-corrected chi connectivity index (χ3v) is 5.11. The van der Waals surface area contributed by atoms with Crippen molar-refractivity contribution < 1.29 is 18.7 Å². The molecule has 1 amide bonds.